The van der Waals surface area contributed by atoms with E-state index in [1.165, 1.54) is 6.21 Å². The smallest absolute Gasteiger partial charge is 0.160 e. The van der Waals surface area contributed by atoms with Crippen LogP contribution in [0.25, 0.3) is 0 Å². The molecule has 0 spiro atoms. The third-order valence-electron chi connectivity index (χ3n) is 1.74. The molecular weight excluding hydrogens is 207 g/mol. The summed E-state index contributed by atoms with van der Waals surface area (Å²) in [6, 6.07) is 9.52. The van der Waals surface area contributed by atoms with Crippen molar-refractivity contribution in [3.05, 3.63) is 35.9 Å². The Bertz CT molecular complexity index is 368. The Morgan fingerprint density at radius 3 is 2.31 bits per heavy atom. The summed E-state index contributed by atoms with van der Waals surface area (Å²) >= 11 is 11.9. The lowest BCUT2D eigenvalue weighted by Crippen LogP contribution is -2.25. The molecule has 0 N–H and O–H groups in total. The third-order valence-corrected chi connectivity index (χ3v) is 2.29. The molecule has 0 atom stereocenters. The average Bonchev–Trinajstić information content (AvgIpc) is 2.47. The van der Waals surface area contributed by atoms with Crippen LogP contribution in [0.4, 0.5) is 0 Å². The maximum Gasteiger partial charge on any atom is 0.198 e. The predicted molar refractivity (Wildman–Crippen MR) is 55.9 cm³/mol. The van der Waals surface area contributed by atoms with Crippen LogP contribution >= 0.6 is 23.2 Å². The largest absolute Gasteiger partial charge is 0.198 e. The van der Waals surface area contributed by atoms with Crippen LogP contribution in [0.5, 0.6) is 0 Å². The summed E-state index contributed by atoms with van der Waals surface area (Å²) in [5.74, 6) is 0. The van der Waals surface area contributed by atoms with Gasteiger partial charge in [-0.15, -0.1) is 0 Å². The van der Waals surface area contributed by atoms with E-state index in [0.717, 1.165) is 5.56 Å². The minimum Gasteiger partial charge on any atom is -0.160 e. The molecule has 0 fully saturated rings. The van der Waals surface area contributed by atoms with E-state index in [2.05, 4.69) is 10.2 Å². The second kappa shape index (κ2) is 3.13. The number of hydrogen-bond acceptors (Lipinski definition) is 2. The van der Waals surface area contributed by atoms with E-state index >= 15 is 0 Å². The van der Waals surface area contributed by atoms with Crippen molar-refractivity contribution in [3.63, 3.8) is 0 Å². The zero-order chi connectivity index (χ0) is 9.31. The van der Waals surface area contributed by atoms with Crippen LogP contribution in [0, 0.1) is 0 Å². The fourth-order valence-corrected chi connectivity index (χ4v) is 1.51. The molecule has 1 aliphatic rings. The number of hydrogen-bond donors (Lipinski definition) is 0. The van der Waals surface area contributed by atoms with Crippen LogP contribution in [0.3, 0.4) is 0 Å². The highest BCUT2D eigenvalue weighted by Crippen LogP contribution is 2.28. The first-order valence-corrected chi connectivity index (χ1v) is 4.52. The van der Waals surface area contributed by atoms with Gasteiger partial charge in [0, 0.05) is 5.56 Å². The molecule has 4 heteroatoms. The number of benzene rings is 1. The molecule has 1 aliphatic heterocycles. The van der Waals surface area contributed by atoms with Crippen LogP contribution in [0.2, 0.25) is 0 Å². The van der Waals surface area contributed by atoms with Gasteiger partial charge < -0.3 is 0 Å². The van der Waals surface area contributed by atoms with Gasteiger partial charge in [-0.2, -0.15) is 10.2 Å². The zero-order valence-electron chi connectivity index (χ0n) is 6.61. The molecule has 2 nitrogen and oxygen atoms in total. The molecule has 1 heterocycles. The Balaban J connectivity index is 2.40. The Kier molecular flexibility index (Phi) is 2.10. The van der Waals surface area contributed by atoms with E-state index in [-0.39, 0.29) is 0 Å². The Hall–Kier alpha value is -0.860. The zero-order valence-corrected chi connectivity index (χ0v) is 8.13. The molecule has 1 aromatic rings. The lowest BCUT2D eigenvalue weighted by Gasteiger charge is -2.11. The fraction of sp³-hybridized carbons (Fsp3) is 0.111. The molecule has 0 saturated heterocycles. The second-order valence-electron chi connectivity index (χ2n) is 2.68. The predicted octanol–water partition coefficient (Wildman–Crippen LogP) is 2.65. The highest BCUT2D eigenvalue weighted by Gasteiger charge is 2.33. The normalized spacial score (nSPS) is 18.8. The van der Waals surface area contributed by atoms with Gasteiger partial charge in [-0.25, -0.2) is 0 Å². The molecule has 0 unspecified atom stereocenters. The molecule has 1 aromatic carbocycles. The summed E-state index contributed by atoms with van der Waals surface area (Å²) in [5.41, 5.74) is 1.47. The molecule has 0 bridgehead atoms. The number of alkyl halides is 2. The van der Waals surface area contributed by atoms with Gasteiger partial charge in [0.1, 0.15) is 5.71 Å². The van der Waals surface area contributed by atoms with Crippen LogP contribution in [0.1, 0.15) is 5.56 Å². The van der Waals surface area contributed by atoms with Crippen molar-refractivity contribution in [3.8, 4) is 0 Å². The van der Waals surface area contributed by atoms with Crippen LogP contribution < -0.4 is 0 Å². The highest BCUT2D eigenvalue weighted by atomic mass is 35.5. The van der Waals surface area contributed by atoms with E-state index in [9.17, 15) is 0 Å². The quantitative estimate of drug-likeness (QED) is 0.640. The summed E-state index contributed by atoms with van der Waals surface area (Å²) in [4.78, 5) is 0. The Morgan fingerprint density at radius 2 is 1.77 bits per heavy atom. The van der Waals surface area contributed by atoms with Crippen molar-refractivity contribution in [2.45, 2.75) is 4.33 Å². The van der Waals surface area contributed by atoms with Crippen molar-refractivity contribution < 1.29 is 0 Å². The molecule has 2 rings (SSSR count). The van der Waals surface area contributed by atoms with E-state index in [0.29, 0.717) is 5.71 Å². The van der Waals surface area contributed by atoms with Crippen LogP contribution in [0.15, 0.2) is 40.5 Å². The maximum atomic E-state index is 5.95. The standard InChI is InChI=1S/C9H6Cl2N2/c10-9(11)6-12-13-8(9)7-4-2-1-3-5-7/h1-6H. The van der Waals surface area contributed by atoms with E-state index in [4.69, 9.17) is 23.2 Å². The number of halogens is 2. The Labute approximate surface area is 85.9 Å². The van der Waals surface area contributed by atoms with Gasteiger partial charge in [-0.1, -0.05) is 53.5 Å². The van der Waals surface area contributed by atoms with Gasteiger partial charge in [0.15, 0.2) is 4.33 Å². The lowest BCUT2D eigenvalue weighted by molar-refractivity contribution is 1.28. The average molecular weight is 213 g/mol. The van der Waals surface area contributed by atoms with Crippen molar-refractivity contribution in [2.24, 2.45) is 10.2 Å². The molecule has 0 amide bonds. The monoisotopic (exact) mass is 212 g/mol. The summed E-state index contributed by atoms with van der Waals surface area (Å²) in [6.07, 6.45) is 1.42. The topological polar surface area (TPSA) is 24.7 Å². The minimum absolute atomic E-state index is 0.580. The van der Waals surface area contributed by atoms with Crippen molar-refractivity contribution in [2.75, 3.05) is 0 Å². The summed E-state index contributed by atoms with van der Waals surface area (Å²) < 4.78 is -1.08. The van der Waals surface area contributed by atoms with Gasteiger partial charge in [0.25, 0.3) is 0 Å². The fourth-order valence-electron chi connectivity index (χ4n) is 1.13. The summed E-state index contributed by atoms with van der Waals surface area (Å²) in [5, 5.41) is 7.57. The molecule has 66 valence electrons. The number of nitrogens with zero attached hydrogens (tertiary/aromatic N) is 2. The third kappa shape index (κ3) is 1.60. The molecule has 0 aromatic heterocycles. The van der Waals surface area contributed by atoms with Gasteiger partial charge in [0.2, 0.25) is 0 Å². The van der Waals surface area contributed by atoms with E-state index in [1.807, 2.05) is 30.3 Å². The van der Waals surface area contributed by atoms with Gasteiger partial charge in [0.05, 0.1) is 6.21 Å². The first kappa shape index (κ1) is 8.73. The molecule has 0 aliphatic carbocycles. The first-order valence-electron chi connectivity index (χ1n) is 3.76. The highest BCUT2D eigenvalue weighted by molar-refractivity contribution is 6.68. The van der Waals surface area contributed by atoms with Crippen LogP contribution in [-0.2, 0) is 0 Å². The lowest BCUT2D eigenvalue weighted by atomic mass is 10.1. The number of rotatable bonds is 1. The molecule has 13 heavy (non-hydrogen) atoms. The van der Waals surface area contributed by atoms with Crippen LogP contribution in [-0.4, -0.2) is 16.3 Å². The van der Waals surface area contributed by atoms with Crippen molar-refractivity contribution >= 4 is 35.1 Å². The summed E-state index contributed by atoms with van der Waals surface area (Å²) in [6.45, 7) is 0. The molecule has 0 saturated carbocycles. The maximum absolute atomic E-state index is 5.95. The summed E-state index contributed by atoms with van der Waals surface area (Å²) in [7, 11) is 0. The van der Waals surface area contributed by atoms with E-state index in [1.54, 1.807) is 0 Å². The second-order valence-corrected chi connectivity index (χ2v) is 4.07. The SMILES string of the molecule is ClC1(Cl)C=NN=C1c1ccccc1. The Morgan fingerprint density at radius 1 is 1.08 bits per heavy atom. The molecular formula is C9H6Cl2N2. The van der Waals surface area contributed by atoms with Crippen molar-refractivity contribution in [1.82, 2.24) is 0 Å². The molecule has 0 radical (unpaired) electrons. The van der Waals surface area contributed by atoms with Crippen molar-refractivity contribution in [1.29, 1.82) is 0 Å². The van der Waals surface area contributed by atoms with E-state index < -0.39 is 4.33 Å². The minimum atomic E-state index is -1.08. The van der Waals surface area contributed by atoms with Gasteiger partial charge >= 0.3 is 0 Å². The first-order chi connectivity index (χ1) is 6.20. The van der Waals surface area contributed by atoms with Gasteiger partial charge in [-0.3, -0.25) is 0 Å². The van der Waals surface area contributed by atoms with Gasteiger partial charge in [-0.05, 0) is 0 Å².